The van der Waals surface area contributed by atoms with Gasteiger partial charge in [-0.25, -0.2) is 0 Å². The van der Waals surface area contributed by atoms with Crippen LogP contribution < -0.4 is 5.32 Å². The Bertz CT molecular complexity index is 323. The maximum Gasteiger partial charge on any atom is 0.00226 e. The third-order valence-electron chi connectivity index (χ3n) is 3.62. The van der Waals surface area contributed by atoms with Crippen LogP contribution in [0.15, 0.2) is 18.2 Å². The van der Waals surface area contributed by atoms with E-state index in [1.54, 1.807) is 0 Å². The zero-order valence-corrected chi connectivity index (χ0v) is 12.0. The molecule has 0 spiro atoms. The molecule has 1 aromatic rings. The van der Waals surface area contributed by atoms with Crippen molar-refractivity contribution in [3.05, 3.63) is 34.9 Å². The van der Waals surface area contributed by atoms with E-state index in [0.29, 0.717) is 5.92 Å². The lowest BCUT2D eigenvalue weighted by atomic mass is 9.84. The molecule has 0 aliphatic carbocycles. The molecule has 0 aromatic heterocycles. The average Bonchev–Trinajstić information content (AvgIpc) is 2.28. The van der Waals surface area contributed by atoms with E-state index in [1.807, 2.05) is 0 Å². The van der Waals surface area contributed by atoms with E-state index in [4.69, 9.17) is 0 Å². The minimum absolute atomic E-state index is 0.638. The van der Waals surface area contributed by atoms with Gasteiger partial charge in [-0.1, -0.05) is 56.5 Å². The summed E-state index contributed by atoms with van der Waals surface area (Å²) >= 11 is 0. The van der Waals surface area contributed by atoms with E-state index in [-0.39, 0.29) is 0 Å². The molecule has 0 heterocycles. The van der Waals surface area contributed by atoms with Crippen LogP contribution in [0.4, 0.5) is 0 Å². The normalized spacial score (nSPS) is 14.6. The molecule has 0 radical (unpaired) electrons. The first-order valence-corrected chi connectivity index (χ1v) is 6.87. The Kier molecular flexibility index (Phi) is 5.70. The topological polar surface area (TPSA) is 12.0 Å². The van der Waals surface area contributed by atoms with Gasteiger partial charge < -0.3 is 5.32 Å². The minimum Gasteiger partial charge on any atom is -0.316 e. The highest BCUT2D eigenvalue weighted by Crippen LogP contribution is 2.27. The van der Waals surface area contributed by atoms with Crippen molar-refractivity contribution in [3.8, 4) is 0 Å². The Balaban J connectivity index is 2.94. The van der Waals surface area contributed by atoms with Crippen molar-refractivity contribution < 1.29 is 0 Å². The molecule has 1 N–H and O–H groups in total. The van der Waals surface area contributed by atoms with Gasteiger partial charge in [-0.3, -0.25) is 0 Å². The van der Waals surface area contributed by atoms with E-state index in [2.05, 4.69) is 58.1 Å². The maximum atomic E-state index is 3.50. The predicted octanol–water partition coefficient (Wildman–Crippen LogP) is 4.04. The number of hydrogen-bond acceptors (Lipinski definition) is 1. The molecule has 2 unspecified atom stereocenters. The molecule has 17 heavy (non-hydrogen) atoms. The van der Waals surface area contributed by atoms with Gasteiger partial charge in [-0.05, 0) is 37.8 Å². The van der Waals surface area contributed by atoms with Gasteiger partial charge in [0.05, 0.1) is 0 Å². The molecule has 0 saturated carbocycles. The van der Waals surface area contributed by atoms with Crippen molar-refractivity contribution in [2.45, 2.75) is 47.0 Å². The van der Waals surface area contributed by atoms with Gasteiger partial charge in [0, 0.05) is 6.54 Å². The van der Waals surface area contributed by atoms with Crippen LogP contribution in [0, 0.1) is 19.8 Å². The molecular weight excluding hydrogens is 206 g/mol. The van der Waals surface area contributed by atoms with Gasteiger partial charge in [-0.15, -0.1) is 0 Å². The highest BCUT2D eigenvalue weighted by atomic mass is 14.8. The zero-order valence-electron chi connectivity index (χ0n) is 12.0. The summed E-state index contributed by atoms with van der Waals surface area (Å²) in [5.74, 6) is 1.37. The first kappa shape index (κ1) is 14.2. The van der Waals surface area contributed by atoms with Crippen molar-refractivity contribution >= 4 is 0 Å². The molecule has 0 amide bonds. The number of benzene rings is 1. The Morgan fingerprint density at radius 1 is 1.06 bits per heavy atom. The SMILES string of the molecule is CCNCC(c1cc(C)cc(C)c1)C(C)CC. The minimum atomic E-state index is 0.638. The van der Waals surface area contributed by atoms with Crippen LogP contribution >= 0.6 is 0 Å². The molecule has 0 saturated heterocycles. The number of hydrogen-bond donors (Lipinski definition) is 1. The lowest BCUT2D eigenvalue weighted by Gasteiger charge is -2.24. The molecule has 2 atom stereocenters. The smallest absolute Gasteiger partial charge is 0.00226 e. The summed E-state index contributed by atoms with van der Waals surface area (Å²) in [7, 11) is 0. The van der Waals surface area contributed by atoms with Gasteiger partial charge in [0.15, 0.2) is 0 Å². The number of rotatable bonds is 6. The van der Waals surface area contributed by atoms with E-state index >= 15 is 0 Å². The maximum absolute atomic E-state index is 3.50. The highest BCUT2D eigenvalue weighted by molar-refractivity contribution is 5.31. The predicted molar refractivity (Wildman–Crippen MR) is 76.7 cm³/mol. The largest absolute Gasteiger partial charge is 0.316 e. The van der Waals surface area contributed by atoms with Crippen molar-refractivity contribution in [1.29, 1.82) is 0 Å². The van der Waals surface area contributed by atoms with Crippen molar-refractivity contribution in [2.24, 2.45) is 5.92 Å². The quantitative estimate of drug-likeness (QED) is 0.782. The Hall–Kier alpha value is -0.820. The number of aryl methyl sites for hydroxylation is 2. The second-order valence-corrected chi connectivity index (χ2v) is 5.22. The molecule has 96 valence electrons. The second kappa shape index (κ2) is 6.80. The lowest BCUT2D eigenvalue weighted by molar-refractivity contribution is 0.424. The monoisotopic (exact) mass is 233 g/mol. The first-order valence-electron chi connectivity index (χ1n) is 6.87. The molecule has 0 fully saturated rings. The molecule has 1 nitrogen and oxygen atoms in total. The number of nitrogens with one attached hydrogen (secondary N) is 1. The fourth-order valence-electron chi connectivity index (χ4n) is 2.46. The molecule has 0 bridgehead atoms. The summed E-state index contributed by atoms with van der Waals surface area (Å²) in [6.45, 7) is 13.3. The third-order valence-corrected chi connectivity index (χ3v) is 3.62. The van der Waals surface area contributed by atoms with Gasteiger partial charge >= 0.3 is 0 Å². The summed E-state index contributed by atoms with van der Waals surface area (Å²) in [6, 6.07) is 6.95. The highest BCUT2D eigenvalue weighted by Gasteiger charge is 2.17. The zero-order chi connectivity index (χ0) is 12.8. The van der Waals surface area contributed by atoms with Crippen LogP contribution in [0.2, 0.25) is 0 Å². The van der Waals surface area contributed by atoms with E-state index in [9.17, 15) is 0 Å². The fraction of sp³-hybridized carbons (Fsp3) is 0.625. The van der Waals surface area contributed by atoms with Crippen molar-refractivity contribution in [1.82, 2.24) is 5.32 Å². The first-order chi connectivity index (χ1) is 8.08. The molecule has 0 aliphatic heterocycles. The lowest BCUT2D eigenvalue weighted by Crippen LogP contribution is -2.25. The van der Waals surface area contributed by atoms with Crippen LogP contribution in [-0.2, 0) is 0 Å². The molecule has 1 heteroatoms. The van der Waals surface area contributed by atoms with Crippen molar-refractivity contribution in [2.75, 3.05) is 13.1 Å². The summed E-state index contributed by atoms with van der Waals surface area (Å²) in [6.07, 6.45) is 1.24. The van der Waals surface area contributed by atoms with E-state index in [1.165, 1.54) is 23.1 Å². The van der Waals surface area contributed by atoms with Crippen LogP contribution in [-0.4, -0.2) is 13.1 Å². The summed E-state index contributed by atoms with van der Waals surface area (Å²) in [5.41, 5.74) is 4.26. The van der Waals surface area contributed by atoms with E-state index in [0.717, 1.165) is 19.0 Å². The van der Waals surface area contributed by atoms with Crippen LogP contribution in [0.1, 0.15) is 49.8 Å². The Morgan fingerprint density at radius 3 is 2.12 bits per heavy atom. The Labute approximate surface area is 107 Å². The molecule has 1 rings (SSSR count). The van der Waals surface area contributed by atoms with Gasteiger partial charge in [-0.2, -0.15) is 0 Å². The van der Waals surface area contributed by atoms with E-state index < -0.39 is 0 Å². The fourth-order valence-corrected chi connectivity index (χ4v) is 2.46. The molecule has 0 aliphatic rings. The van der Waals surface area contributed by atoms with Gasteiger partial charge in [0.2, 0.25) is 0 Å². The van der Waals surface area contributed by atoms with Crippen molar-refractivity contribution in [3.63, 3.8) is 0 Å². The average molecular weight is 233 g/mol. The third kappa shape index (κ3) is 4.16. The molecular formula is C16H27N. The summed E-state index contributed by atoms with van der Waals surface area (Å²) in [4.78, 5) is 0. The van der Waals surface area contributed by atoms with Crippen LogP contribution in [0.5, 0.6) is 0 Å². The summed E-state index contributed by atoms with van der Waals surface area (Å²) in [5, 5.41) is 3.50. The van der Waals surface area contributed by atoms with Crippen LogP contribution in [0.25, 0.3) is 0 Å². The number of likely N-dealkylation sites (N-methyl/N-ethyl adjacent to an activating group) is 1. The standard InChI is InChI=1S/C16H27N/c1-6-14(5)16(11-17-7-2)15-9-12(3)8-13(4)10-15/h8-10,14,16-17H,6-7,11H2,1-5H3. The molecule has 1 aromatic carbocycles. The Morgan fingerprint density at radius 2 is 1.65 bits per heavy atom. The second-order valence-electron chi connectivity index (χ2n) is 5.22. The van der Waals surface area contributed by atoms with Crippen LogP contribution in [0.3, 0.4) is 0 Å². The van der Waals surface area contributed by atoms with Gasteiger partial charge in [0.1, 0.15) is 0 Å². The van der Waals surface area contributed by atoms with Gasteiger partial charge in [0.25, 0.3) is 0 Å². The summed E-state index contributed by atoms with van der Waals surface area (Å²) < 4.78 is 0.